The SMILES string of the molecule is CC(C)(C)c1ccc(C(=O)NCC2(CO)CCCC2)cc1. The van der Waals surface area contributed by atoms with Crippen molar-refractivity contribution in [2.24, 2.45) is 5.41 Å². The van der Waals surface area contributed by atoms with E-state index in [1.807, 2.05) is 24.3 Å². The first kappa shape index (κ1) is 16.0. The van der Waals surface area contributed by atoms with Gasteiger partial charge in [-0.1, -0.05) is 45.7 Å². The molecule has 0 spiro atoms. The third-order valence-corrected chi connectivity index (χ3v) is 4.64. The van der Waals surface area contributed by atoms with E-state index in [-0.39, 0.29) is 23.3 Å². The fourth-order valence-corrected chi connectivity index (χ4v) is 3.01. The quantitative estimate of drug-likeness (QED) is 0.894. The van der Waals surface area contributed by atoms with Gasteiger partial charge in [0.1, 0.15) is 0 Å². The first-order chi connectivity index (χ1) is 9.86. The molecule has 1 saturated carbocycles. The van der Waals surface area contributed by atoms with Gasteiger partial charge in [-0.05, 0) is 36.0 Å². The van der Waals surface area contributed by atoms with E-state index >= 15 is 0 Å². The van der Waals surface area contributed by atoms with Crippen LogP contribution in [0.25, 0.3) is 0 Å². The number of rotatable bonds is 4. The molecular weight excluding hydrogens is 262 g/mol. The van der Waals surface area contributed by atoms with E-state index in [4.69, 9.17) is 0 Å². The zero-order chi connectivity index (χ0) is 15.5. The van der Waals surface area contributed by atoms with E-state index in [2.05, 4.69) is 26.1 Å². The molecule has 1 aromatic carbocycles. The van der Waals surface area contributed by atoms with Gasteiger partial charge in [-0.25, -0.2) is 0 Å². The number of amides is 1. The average Bonchev–Trinajstić information content (AvgIpc) is 2.93. The zero-order valence-electron chi connectivity index (χ0n) is 13.4. The van der Waals surface area contributed by atoms with E-state index < -0.39 is 0 Å². The summed E-state index contributed by atoms with van der Waals surface area (Å²) < 4.78 is 0. The molecule has 1 aliphatic carbocycles. The Morgan fingerprint density at radius 1 is 1.19 bits per heavy atom. The van der Waals surface area contributed by atoms with E-state index in [0.717, 1.165) is 25.7 Å². The monoisotopic (exact) mass is 289 g/mol. The van der Waals surface area contributed by atoms with Crippen LogP contribution < -0.4 is 5.32 Å². The summed E-state index contributed by atoms with van der Waals surface area (Å²) in [7, 11) is 0. The predicted octanol–water partition coefficient (Wildman–Crippen LogP) is 3.27. The lowest BCUT2D eigenvalue weighted by Crippen LogP contribution is -2.38. The number of benzene rings is 1. The van der Waals surface area contributed by atoms with Crippen molar-refractivity contribution in [2.75, 3.05) is 13.2 Å². The molecule has 0 heterocycles. The van der Waals surface area contributed by atoms with Crippen molar-refractivity contribution in [3.05, 3.63) is 35.4 Å². The first-order valence-corrected chi connectivity index (χ1v) is 7.86. The van der Waals surface area contributed by atoms with Gasteiger partial charge in [0.05, 0.1) is 6.61 Å². The number of hydrogen-bond donors (Lipinski definition) is 2. The maximum atomic E-state index is 12.2. The molecule has 0 bridgehead atoms. The minimum absolute atomic E-state index is 0.0461. The van der Waals surface area contributed by atoms with Gasteiger partial charge in [-0.15, -0.1) is 0 Å². The number of carbonyl (C=O) groups is 1. The van der Waals surface area contributed by atoms with Crippen molar-refractivity contribution in [1.29, 1.82) is 0 Å². The summed E-state index contributed by atoms with van der Waals surface area (Å²) in [6.07, 6.45) is 4.31. The maximum Gasteiger partial charge on any atom is 0.251 e. The lowest BCUT2D eigenvalue weighted by molar-refractivity contribution is 0.0880. The van der Waals surface area contributed by atoms with Gasteiger partial charge >= 0.3 is 0 Å². The molecule has 0 aliphatic heterocycles. The van der Waals surface area contributed by atoms with Gasteiger partial charge in [-0.2, -0.15) is 0 Å². The van der Waals surface area contributed by atoms with Gasteiger partial charge in [0.15, 0.2) is 0 Å². The molecule has 0 saturated heterocycles. The number of aliphatic hydroxyl groups is 1. The highest BCUT2D eigenvalue weighted by atomic mass is 16.3. The van der Waals surface area contributed by atoms with E-state index in [1.54, 1.807) is 0 Å². The molecule has 0 atom stereocenters. The van der Waals surface area contributed by atoms with Crippen molar-refractivity contribution >= 4 is 5.91 Å². The van der Waals surface area contributed by atoms with Crippen molar-refractivity contribution in [2.45, 2.75) is 51.9 Å². The largest absolute Gasteiger partial charge is 0.396 e. The number of nitrogens with one attached hydrogen (secondary N) is 1. The molecular formula is C18H27NO2. The van der Waals surface area contributed by atoms with Crippen LogP contribution in [0.5, 0.6) is 0 Å². The predicted molar refractivity (Wildman–Crippen MR) is 85.5 cm³/mol. The average molecular weight is 289 g/mol. The molecule has 3 heteroatoms. The molecule has 1 amide bonds. The topological polar surface area (TPSA) is 49.3 Å². The molecule has 2 rings (SSSR count). The fraction of sp³-hybridized carbons (Fsp3) is 0.611. The minimum atomic E-state index is -0.0962. The van der Waals surface area contributed by atoms with Crippen LogP contribution in [-0.4, -0.2) is 24.2 Å². The van der Waals surface area contributed by atoms with Crippen LogP contribution >= 0.6 is 0 Å². The second kappa shape index (κ2) is 6.18. The number of carbonyl (C=O) groups excluding carboxylic acids is 1. The summed E-state index contributed by atoms with van der Waals surface area (Å²) >= 11 is 0. The van der Waals surface area contributed by atoms with Crippen molar-refractivity contribution in [3.63, 3.8) is 0 Å². The third-order valence-electron chi connectivity index (χ3n) is 4.64. The molecule has 1 fully saturated rings. The van der Waals surface area contributed by atoms with Crippen LogP contribution in [0.15, 0.2) is 24.3 Å². The molecule has 0 radical (unpaired) electrons. The summed E-state index contributed by atoms with van der Waals surface area (Å²) in [6.45, 7) is 7.22. The summed E-state index contributed by atoms with van der Waals surface area (Å²) in [5, 5.41) is 12.6. The molecule has 0 aromatic heterocycles. The Kier molecular flexibility index (Phi) is 4.72. The lowest BCUT2D eigenvalue weighted by Gasteiger charge is -2.26. The lowest BCUT2D eigenvalue weighted by atomic mass is 9.86. The van der Waals surface area contributed by atoms with Gasteiger partial charge in [0, 0.05) is 17.5 Å². The molecule has 116 valence electrons. The highest BCUT2D eigenvalue weighted by Gasteiger charge is 2.33. The Morgan fingerprint density at radius 3 is 2.24 bits per heavy atom. The zero-order valence-corrected chi connectivity index (χ0v) is 13.4. The Bertz CT molecular complexity index is 479. The molecule has 1 aromatic rings. The highest BCUT2D eigenvalue weighted by Crippen LogP contribution is 2.36. The van der Waals surface area contributed by atoms with Gasteiger partial charge in [0.25, 0.3) is 5.91 Å². The summed E-state index contributed by atoms with van der Waals surface area (Å²) in [5.74, 6) is -0.0461. The Balaban J connectivity index is 1.97. The van der Waals surface area contributed by atoms with Gasteiger partial charge < -0.3 is 10.4 Å². The normalized spacial score (nSPS) is 17.7. The van der Waals surface area contributed by atoms with Crippen molar-refractivity contribution in [3.8, 4) is 0 Å². The van der Waals surface area contributed by atoms with E-state index in [1.165, 1.54) is 5.56 Å². The van der Waals surface area contributed by atoms with Crippen LogP contribution in [0.4, 0.5) is 0 Å². The second-order valence-corrected chi connectivity index (χ2v) is 7.38. The summed E-state index contributed by atoms with van der Waals surface area (Å²) in [6, 6.07) is 7.81. The van der Waals surface area contributed by atoms with Gasteiger partial charge in [0.2, 0.25) is 0 Å². The minimum Gasteiger partial charge on any atom is -0.396 e. The third kappa shape index (κ3) is 3.85. The Hall–Kier alpha value is -1.35. The van der Waals surface area contributed by atoms with Crippen molar-refractivity contribution in [1.82, 2.24) is 5.32 Å². The number of aliphatic hydroxyl groups excluding tert-OH is 1. The Morgan fingerprint density at radius 2 is 1.76 bits per heavy atom. The maximum absolute atomic E-state index is 12.2. The Labute approximate surface area is 127 Å². The van der Waals surface area contributed by atoms with E-state index in [0.29, 0.717) is 12.1 Å². The first-order valence-electron chi connectivity index (χ1n) is 7.86. The number of hydrogen-bond acceptors (Lipinski definition) is 2. The highest BCUT2D eigenvalue weighted by molar-refractivity contribution is 5.94. The second-order valence-electron chi connectivity index (χ2n) is 7.38. The van der Waals surface area contributed by atoms with Crippen LogP contribution in [0.2, 0.25) is 0 Å². The summed E-state index contributed by atoms with van der Waals surface area (Å²) in [4.78, 5) is 12.2. The molecule has 2 N–H and O–H groups in total. The fourth-order valence-electron chi connectivity index (χ4n) is 3.01. The van der Waals surface area contributed by atoms with Crippen LogP contribution in [0.3, 0.4) is 0 Å². The molecule has 3 nitrogen and oxygen atoms in total. The molecule has 0 unspecified atom stereocenters. The van der Waals surface area contributed by atoms with E-state index in [9.17, 15) is 9.90 Å². The van der Waals surface area contributed by atoms with Gasteiger partial charge in [-0.3, -0.25) is 4.79 Å². The smallest absolute Gasteiger partial charge is 0.251 e. The van der Waals surface area contributed by atoms with Crippen LogP contribution in [-0.2, 0) is 5.41 Å². The standard InChI is InChI=1S/C18H27NO2/c1-17(2,3)15-8-6-14(7-9-15)16(21)19-12-18(13-20)10-4-5-11-18/h6-9,20H,4-5,10-13H2,1-3H3,(H,19,21). The molecule has 1 aliphatic rings. The van der Waals surface area contributed by atoms with Crippen LogP contribution in [0.1, 0.15) is 62.4 Å². The van der Waals surface area contributed by atoms with Crippen LogP contribution in [0, 0.1) is 5.41 Å². The summed E-state index contributed by atoms with van der Waals surface area (Å²) in [5.41, 5.74) is 1.91. The van der Waals surface area contributed by atoms with Crippen molar-refractivity contribution < 1.29 is 9.90 Å². The molecule has 21 heavy (non-hydrogen) atoms.